The van der Waals surface area contributed by atoms with Crippen LogP contribution in [0.3, 0.4) is 0 Å². The Kier molecular flexibility index (Phi) is 4.81. The average Bonchev–Trinajstić information content (AvgIpc) is 3.24. The first kappa shape index (κ1) is 13.1. The second-order valence-corrected chi connectivity index (χ2v) is 4.82. The van der Waals surface area contributed by atoms with Crippen LogP contribution in [0.15, 0.2) is 24.3 Å². The van der Waals surface area contributed by atoms with Crippen LogP contribution in [0.1, 0.15) is 49.3 Å². The van der Waals surface area contributed by atoms with Crippen LogP contribution in [0.25, 0.3) is 0 Å². The lowest BCUT2D eigenvalue weighted by molar-refractivity contribution is 0.546. The van der Waals surface area contributed by atoms with Crippen LogP contribution in [0.5, 0.6) is 0 Å². The summed E-state index contributed by atoms with van der Waals surface area (Å²) in [7, 11) is 0. The molecule has 1 aliphatic rings. The Morgan fingerprint density at radius 3 is 2.83 bits per heavy atom. The highest BCUT2D eigenvalue weighted by Gasteiger charge is 2.27. The van der Waals surface area contributed by atoms with E-state index in [0.717, 1.165) is 18.9 Å². The van der Waals surface area contributed by atoms with Crippen molar-refractivity contribution in [1.29, 1.82) is 0 Å². The second kappa shape index (κ2) is 6.58. The van der Waals surface area contributed by atoms with Crippen molar-refractivity contribution in [3.05, 3.63) is 35.4 Å². The van der Waals surface area contributed by atoms with E-state index in [-0.39, 0.29) is 6.04 Å². The van der Waals surface area contributed by atoms with Crippen molar-refractivity contribution in [1.82, 2.24) is 5.32 Å². The minimum Gasteiger partial charge on any atom is -0.329 e. The third kappa shape index (κ3) is 3.35. The van der Waals surface area contributed by atoms with Crippen molar-refractivity contribution >= 4 is 0 Å². The molecular weight excluding hydrogens is 220 g/mol. The fraction of sp³-hybridized carbons (Fsp3) is 0.500. The molecule has 2 heteroatoms. The van der Waals surface area contributed by atoms with Gasteiger partial charge in [0.15, 0.2) is 0 Å². The Morgan fingerprint density at radius 1 is 1.39 bits per heavy atom. The van der Waals surface area contributed by atoms with E-state index in [1.54, 1.807) is 0 Å². The lowest BCUT2D eigenvalue weighted by Gasteiger charge is -2.20. The van der Waals surface area contributed by atoms with Crippen LogP contribution < -0.4 is 11.1 Å². The maximum absolute atomic E-state index is 5.91. The van der Waals surface area contributed by atoms with Crippen molar-refractivity contribution in [2.75, 3.05) is 13.1 Å². The zero-order valence-corrected chi connectivity index (χ0v) is 11.1. The Bertz CT molecular complexity index is 438. The molecular formula is C16H22N2. The molecule has 1 aliphatic carbocycles. The molecule has 1 fully saturated rings. The highest BCUT2D eigenvalue weighted by molar-refractivity contribution is 5.35. The second-order valence-electron chi connectivity index (χ2n) is 4.82. The smallest absolute Gasteiger partial charge is 0.0447 e. The van der Waals surface area contributed by atoms with E-state index < -0.39 is 0 Å². The van der Waals surface area contributed by atoms with Crippen LogP contribution in [0, 0.1) is 11.8 Å². The van der Waals surface area contributed by atoms with E-state index in [2.05, 4.69) is 41.4 Å². The van der Waals surface area contributed by atoms with Crippen molar-refractivity contribution in [3.8, 4) is 11.8 Å². The number of benzene rings is 1. The van der Waals surface area contributed by atoms with Crippen molar-refractivity contribution in [2.45, 2.75) is 38.1 Å². The van der Waals surface area contributed by atoms with Gasteiger partial charge in [-0.3, -0.25) is 0 Å². The molecule has 1 atom stereocenters. The van der Waals surface area contributed by atoms with Crippen LogP contribution >= 0.6 is 0 Å². The fourth-order valence-corrected chi connectivity index (χ4v) is 2.35. The van der Waals surface area contributed by atoms with Crippen LogP contribution in [0.4, 0.5) is 0 Å². The number of hydrogen-bond acceptors (Lipinski definition) is 2. The first-order valence-electron chi connectivity index (χ1n) is 6.78. The molecule has 3 N–H and O–H groups in total. The van der Waals surface area contributed by atoms with Gasteiger partial charge in [0.1, 0.15) is 0 Å². The Labute approximate surface area is 110 Å². The van der Waals surface area contributed by atoms with E-state index in [0.29, 0.717) is 6.54 Å². The third-order valence-corrected chi connectivity index (χ3v) is 3.44. The monoisotopic (exact) mass is 242 g/mol. The molecule has 0 aliphatic heterocycles. The Morgan fingerprint density at radius 2 is 2.17 bits per heavy atom. The van der Waals surface area contributed by atoms with Crippen LogP contribution in [-0.4, -0.2) is 13.1 Å². The number of nitrogens with two attached hydrogens (primary N) is 1. The maximum atomic E-state index is 5.91. The van der Waals surface area contributed by atoms with E-state index in [9.17, 15) is 0 Å². The normalized spacial score (nSPS) is 15.9. The quantitative estimate of drug-likeness (QED) is 0.594. The summed E-state index contributed by atoms with van der Waals surface area (Å²) >= 11 is 0. The largest absolute Gasteiger partial charge is 0.329 e. The minimum atomic E-state index is 0.264. The zero-order chi connectivity index (χ0) is 12.8. The van der Waals surface area contributed by atoms with E-state index in [1.165, 1.54) is 24.0 Å². The standard InChI is InChI=1S/C16H22N2/c1-2-3-6-11-18-16(12-17)15-8-5-4-7-14(15)13-9-10-13/h4-5,7-8,13,16,18H,6,9-12,17H2,1H3. The summed E-state index contributed by atoms with van der Waals surface area (Å²) < 4.78 is 0. The van der Waals surface area contributed by atoms with Crippen molar-refractivity contribution < 1.29 is 0 Å². The molecule has 0 saturated heterocycles. The van der Waals surface area contributed by atoms with Gasteiger partial charge in [-0.05, 0) is 36.8 Å². The SMILES string of the molecule is CC#CCCNC(CN)c1ccccc1C1CC1. The Balaban J connectivity index is 2.03. The topological polar surface area (TPSA) is 38.0 Å². The van der Waals surface area contributed by atoms with Crippen LogP contribution in [0.2, 0.25) is 0 Å². The predicted molar refractivity (Wildman–Crippen MR) is 76.3 cm³/mol. The molecule has 18 heavy (non-hydrogen) atoms. The molecule has 0 aromatic heterocycles. The molecule has 0 bridgehead atoms. The minimum absolute atomic E-state index is 0.264. The third-order valence-electron chi connectivity index (χ3n) is 3.44. The summed E-state index contributed by atoms with van der Waals surface area (Å²) in [6.07, 6.45) is 3.55. The predicted octanol–water partition coefficient (Wildman–Crippen LogP) is 2.57. The van der Waals surface area contributed by atoms with Gasteiger partial charge in [0.25, 0.3) is 0 Å². The van der Waals surface area contributed by atoms with Crippen molar-refractivity contribution in [2.24, 2.45) is 5.73 Å². The summed E-state index contributed by atoms with van der Waals surface area (Å²) in [5.41, 5.74) is 8.78. The first-order chi connectivity index (χ1) is 8.86. The van der Waals surface area contributed by atoms with Gasteiger partial charge in [-0.25, -0.2) is 0 Å². The van der Waals surface area contributed by atoms with Gasteiger partial charge in [0.05, 0.1) is 0 Å². The highest BCUT2D eigenvalue weighted by atomic mass is 14.9. The lowest BCUT2D eigenvalue weighted by atomic mass is 9.97. The molecule has 1 aromatic rings. The summed E-state index contributed by atoms with van der Waals surface area (Å²) in [6, 6.07) is 8.97. The van der Waals surface area contributed by atoms with Gasteiger partial charge in [0, 0.05) is 25.6 Å². The molecule has 0 radical (unpaired) electrons. The fourth-order valence-electron chi connectivity index (χ4n) is 2.35. The van der Waals surface area contributed by atoms with Crippen LogP contribution in [-0.2, 0) is 0 Å². The summed E-state index contributed by atoms with van der Waals surface area (Å²) in [6.45, 7) is 3.42. The summed E-state index contributed by atoms with van der Waals surface area (Å²) in [5.74, 6) is 6.76. The van der Waals surface area contributed by atoms with E-state index in [4.69, 9.17) is 5.73 Å². The van der Waals surface area contributed by atoms with Gasteiger partial charge >= 0.3 is 0 Å². The molecule has 0 spiro atoms. The highest BCUT2D eigenvalue weighted by Crippen LogP contribution is 2.42. The molecule has 1 unspecified atom stereocenters. The maximum Gasteiger partial charge on any atom is 0.0447 e. The summed E-state index contributed by atoms with van der Waals surface area (Å²) in [5, 5.41) is 3.52. The number of nitrogens with one attached hydrogen (secondary N) is 1. The number of rotatable bonds is 6. The van der Waals surface area contributed by atoms with E-state index >= 15 is 0 Å². The van der Waals surface area contributed by atoms with Gasteiger partial charge in [0.2, 0.25) is 0 Å². The molecule has 0 heterocycles. The first-order valence-corrected chi connectivity index (χ1v) is 6.78. The zero-order valence-electron chi connectivity index (χ0n) is 11.1. The molecule has 0 amide bonds. The van der Waals surface area contributed by atoms with Gasteiger partial charge in [-0.1, -0.05) is 24.3 Å². The van der Waals surface area contributed by atoms with Gasteiger partial charge in [-0.15, -0.1) is 11.8 Å². The molecule has 2 rings (SSSR count). The Hall–Kier alpha value is -1.30. The number of hydrogen-bond donors (Lipinski definition) is 2. The summed E-state index contributed by atoms with van der Waals surface area (Å²) in [4.78, 5) is 0. The molecule has 96 valence electrons. The molecule has 1 aromatic carbocycles. The molecule has 1 saturated carbocycles. The lowest BCUT2D eigenvalue weighted by Crippen LogP contribution is -2.29. The van der Waals surface area contributed by atoms with Crippen molar-refractivity contribution in [3.63, 3.8) is 0 Å². The average molecular weight is 242 g/mol. The van der Waals surface area contributed by atoms with Gasteiger partial charge < -0.3 is 11.1 Å². The van der Waals surface area contributed by atoms with Gasteiger partial charge in [-0.2, -0.15) is 0 Å². The van der Waals surface area contributed by atoms with E-state index in [1.807, 2.05) is 6.92 Å². The molecule has 2 nitrogen and oxygen atoms in total.